The molecule has 1 aromatic rings. The van der Waals surface area contributed by atoms with Crippen molar-refractivity contribution < 1.29 is 14.7 Å². The topological polar surface area (TPSA) is 92.4 Å². The van der Waals surface area contributed by atoms with Crippen molar-refractivity contribution >= 4 is 12.2 Å². The van der Waals surface area contributed by atoms with Crippen molar-refractivity contribution in [3.63, 3.8) is 0 Å². The molecular formula is C16H24N2O3. The van der Waals surface area contributed by atoms with E-state index in [2.05, 4.69) is 12.2 Å². The molecule has 116 valence electrons. The highest BCUT2D eigenvalue weighted by atomic mass is 16.3. The van der Waals surface area contributed by atoms with Gasteiger partial charge in [0.1, 0.15) is 12.0 Å². The minimum absolute atomic E-state index is 0.175. The molecule has 0 aliphatic rings. The average Bonchev–Trinajstić information content (AvgIpc) is 2.48. The van der Waals surface area contributed by atoms with Gasteiger partial charge in [0, 0.05) is 0 Å². The predicted octanol–water partition coefficient (Wildman–Crippen LogP) is 1.53. The molecule has 0 saturated heterocycles. The first-order chi connectivity index (χ1) is 10.1. The molecule has 0 aliphatic carbocycles. The number of carbonyl (C=O) groups excluding carboxylic acids is 2. The molecule has 0 spiro atoms. The van der Waals surface area contributed by atoms with Crippen molar-refractivity contribution in [2.24, 2.45) is 5.73 Å². The highest BCUT2D eigenvalue weighted by Crippen LogP contribution is 2.11. The van der Waals surface area contributed by atoms with Crippen LogP contribution in [0.25, 0.3) is 0 Å². The first kappa shape index (κ1) is 17.2. The Bertz CT molecular complexity index is 445. The number of aromatic hydroxyl groups is 1. The Kier molecular flexibility index (Phi) is 7.46. The highest BCUT2D eigenvalue weighted by molar-refractivity contribution is 5.84. The summed E-state index contributed by atoms with van der Waals surface area (Å²) in [5, 5.41) is 11.9. The lowest BCUT2D eigenvalue weighted by Crippen LogP contribution is -2.47. The van der Waals surface area contributed by atoms with E-state index in [9.17, 15) is 14.7 Å². The quantitative estimate of drug-likeness (QED) is 0.475. The molecule has 0 aliphatic heterocycles. The number of carbonyl (C=O) groups is 2. The Hall–Kier alpha value is -1.88. The van der Waals surface area contributed by atoms with Gasteiger partial charge in [-0.1, -0.05) is 38.3 Å². The summed E-state index contributed by atoms with van der Waals surface area (Å²) in [7, 11) is 0. The Balaban J connectivity index is 2.45. The van der Waals surface area contributed by atoms with Crippen LogP contribution in [-0.2, 0) is 16.0 Å². The molecule has 4 N–H and O–H groups in total. The molecular weight excluding hydrogens is 268 g/mol. The maximum atomic E-state index is 12.0. The summed E-state index contributed by atoms with van der Waals surface area (Å²) in [6.45, 7) is 2.09. The van der Waals surface area contributed by atoms with Gasteiger partial charge >= 0.3 is 0 Å². The van der Waals surface area contributed by atoms with E-state index in [1.165, 1.54) is 0 Å². The monoisotopic (exact) mass is 292 g/mol. The lowest BCUT2D eigenvalue weighted by Gasteiger charge is -2.16. The molecule has 5 nitrogen and oxygen atoms in total. The van der Waals surface area contributed by atoms with Gasteiger partial charge in [-0.25, -0.2) is 0 Å². The van der Waals surface area contributed by atoms with Gasteiger partial charge in [-0.15, -0.1) is 0 Å². The Morgan fingerprint density at radius 1 is 1.33 bits per heavy atom. The molecule has 2 atom stereocenters. The van der Waals surface area contributed by atoms with Gasteiger partial charge in [0.15, 0.2) is 0 Å². The summed E-state index contributed by atoms with van der Waals surface area (Å²) in [5.41, 5.74) is 6.72. The lowest BCUT2D eigenvalue weighted by atomic mass is 10.0. The van der Waals surface area contributed by atoms with E-state index in [0.29, 0.717) is 12.8 Å². The normalized spacial score (nSPS) is 13.4. The van der Waals surface area contributed by atoms with Gasteiger partial charge in [0.05, 0.1) is 12.1 Å². The van der Waals surface area contributed by atoms with Gasteiger partial charge in [-0.2, -0.15) is 0 Å². The van der Waals surface area contributed by atoms with Crippen LogP contribution in [0.3, 0.4) is 0 Å². The van der Waals surface area contributed by atoms with Crippen molar-refractivity contribution in [3.05, 3.63) is 29.8 Å². The number of nitrogens with one attached hydrogen (secondary N) is 1. The zero-order chi connectivity index (χ0) is 15.7. The van der Waals surface area contributed by atoms with Crippen molar-refractivity contribution in [2.75, 3.05) is 0 Å². The Morgan fingerprint density at radius 3 is 2.57 bits per heavy atom. The Morgan fingerprint density at radius 2 is 2.00 bits per heavy atom. The minimum atomic E-state index is -0.705. The van der Waals surface area contributed by atoms with Crippen molar-refractivity contribution in [1.82, 2.24) is 5.32 Å². The highest BCUT2D eigenvalue weighted by Gasteiger charge is 2.17. The summed E-state index contributed by atoms with van der Waals surface area (Å²) in [6, 6.07) is 5.39. The number of nitrogens with two attached hydrogens (primary N) is 1. The molecule has 1 aromatic carbocycles. The molecule has 21 heavy (non-hydrogen) atoms. The van der Waals surface area contributed by atoms with Crippen LogP contribution in [0.4, 0.5) is 0 Å². The fourth-order valence-corrected chi connectivity index (χ4v) is 2.06. The van der Waals surface area contributed by atoms with E-state index >= 15 is 0 Å². The number of rotatable bonds is 9. The third kappa shape index (κ3) is 6.40. The molecule has 0 saturated carbocycles. The van der Waals surface area contributed by atoms with E-state index in [1.54, 1.807) is 24.3 Å². The number of benzene rings is 1. The maximum Gasteiger partial charge on any atom is 0.237 e. The number of aldehydes is 1. The first-order valence-corrected chi connectivity index (χ1v) is 7.36. The van der Waals surface area contributed by atoms with Crippen LogP contribution in [0, 0.1) is 0 Å². The van der Waals surface area contributed by atoms with Crippen molar-refractivity contribution in [2.45, 2.75) is 51.1 Å². The van der Waals surface area contributed by atoms with E-state index < -0.39 is 12.1 Å². The minimum Gasteiger partial charge on any atom is -0.508 e. The van der Waals surface area contributed by atoms with Crippen LogP contribution >= 0.6 is 0 Å². The van der Waals surface area contributed by atoms with E-state index in [0.717, 1.165) is 31.1 Å². The molecule has 5 heteroatoms. The van der Waals surface area contributed by atoms with Crippen LogP contribution in [0.5, 0.6) is 5.75 Å². The SMILES string of the molecule is CCCCC[C@H](C=O)NC(=O)[C@H](N)Cc1ccc(O)cc1. The summed E-state index contributed by atoms with van der Waals surface area (Å²) < 4.78 is 0. The second-order valence-electron chi connectivity index (χ2n) is 5.22. The lowest BCUT2D eigenvalue weighted by molar-refractivity contribution is -0.125. The van der Waals surface area contributed by atoms with Gasteiger partial charge < -0.3 is 21.0 Å². The van der Waals surface area contributed by atoms with E-state index in [1.807, 2.05) is 0 Å². The van der Waals surface area contributed by atoms with Crippen LogP contribution in [0.1, 0.15) is 38.2 Å². The van der Waals surface area contributed by atoms with Gasteiger partial charge in [-0.05, 0) is 30.5 Å². The predicted molar refractivity (Wildman–Crippen MR) is 81.9 cm³/mol. The molecule has 0 heterocycles. The summed E-state index contributed by atoms with van der Waals surface area (Å²) in [5.74, 6) is -0.148. The number of unbranched alkanes of at least 4 members (excludes halogenated alkanes) is 2. The molecule has 0 bridgehead atoms. The van der Waals surface area contributed by atoms with Gasteiger partial charge in [0.25, 0.3) is 0 Å². The average molecular weight is 292 g/mol. The van der Waals surface area contributed by atoms with Gasteiger partial charge in [-0.3, -0.25) is 4.79 Å². The summed E-state index contributed by atoms with van der Waals surface area (Å²) >= 11 is 0. The number of phenols is 1. The second-order valence-corrected chi connectivity index (χ2v) is 5.22. The molecule has 0 radical (unpaired) electrons. The summed E-state index contributed by atoms with van der Waals surface area (Å²) in [4.78, 5) is 22.9. The number of hydrogen-bond donors (Lipinski definition) is 3. The number of phenolic OH excluding ortho intramolecular Hbond substituents is 1. The standard InChI is InChI=1S/C16H24N2O3/c1-2-3-4-5-13(11-19)18-16(21)15(17)10-12-6-8-14(20)9-7-12/h6-9,11,13,15,20H,2-5,10,17H2,1H3,(H,18,21)/t13-,15-/m1/s1. The second kappa shape index (κ2) is 9.13. The zero-order valence-electron chi connectivity index (χ0n) is 12.4. The first-order valence-electron chi connectivity index (χ1n) is 7.36. The summed E-state index contributed by atoms with van der Waals surface area (Å²) in [6.07, 6.45) is 4.80. The molecule has 1 amide bonds. The largest absolute Gasteiger partial charge is 0.508 e. The number of hydrogen-bond acceptors (Lipinski definition) is 4. The van der Waals surface area contributed by atoms with E-state index in [-0.39, 0.29) is 11.7 Å². The maximum absolute atomic E-state index is 12.0. The number of amides is 1. The van der Waals surface area contributed by atoms with Crippen LogP contribution < -0.4 is 11.1 Å². The molecule has 0 fully saturated rings. The molecule has 0 aromatic heterocycles. The van der Waals surface area contributed by atoms with E-state index in [4.69, 9.17) is 5.73 Å². The van der Waals surface area contributed by atoms with Crippen LogP contribution in [-0.4, -0.2) is 29.4 Å². The zero-order valence-corrected chi connectivity index (χ0v) is 12.4. The Labute approximate surface area is 125 Å². The van der Waals surface area contributed by atoms with Gasteiger partial charge in [0.2, 0.25) is 5.91 Å². The fourth-order valence-electron chi connectivity index (χ4n) is 2.06. The molecule has 0 unspecified atom stereocenters. The third-order valence-electron chi connectivity index (χ3n) is 3.34. The van der Waals surface area contributed by atoms with Crippen molar-refractivity contribution in [1.29, 1.82) is 0 Å². The van der Waals surface area contributed by atoms with Crippen molar-refractivity contribution in [3.8, 4) is 5.75 Å². The third-order valence-corrected chi connectivity index (χ3v) is 3.34. The van der Waals surface area contributed by atoms with Crippen LogP contribution in [0.2, 0.25) is 0 Å². The molecule has 1 rings (SSSR count). The smallest absolute Gasteiger partial charge is 0.237 e. The van der Waals surface area contributed by atoms with Crippen LogP contribution in [0.15, 0.2) is 24.3 Å². The fraction of sp³-hybridized carbons (Fsp3) is 0.500.